The van der Waals surface area contributed by atoms with E-state index >= 15 is 4.39 Å². The highest BCUT2D eigenvalue weighted by Gasteiger charge is 2.24. The van der Waals surface area contributed by atoms with Crippen LogP contribution < -0.4 is 20.9 Å². The number of nitrogens with zero attached hydrogens (tertiary/aromatic N) is 5. The number of tetrazole rings is 1. The van der Waals surface area contributed by atoms with E-state index in [0.717, 1.165) is 24.4 Å². The molecular weight excluding hydrogens is 512 g/mol. The van der Waals surface area contributed by atoms with E-state index in [1.54, 1.807) is 18.2 Å². The van der Waals surface area contributed by atoms with Gasteiger partial charge in [0, 0.05) is 35.0 Å². The predicted molar refractivity (Wildman–Crippen MR) is 129 cm³/mol. The minimum Gasteiger partial charge on any atom is -0.495 e. The third kappa shape index (κ3) is 5.16. The van der Waals surface area contributed by atoms with Crippen molar-refractivity contribution in [1.82, 2.24) is 30.1 Å². The number of methoxy groups -OCH3 is 1. The summed E-state index contributed by atoms with van der Waals surface area (Å²) in [4.78, 5) is 37.0. The standard InChI is InChI=1S/C23H18ClF2N7O4/c1-27-22(35)14-5-4-13(8-17(14)25)29-23(36)21(26)32-10-19(37-2)16(9-20(32)34)15-7-12(24)3-6-18(15)33-11-28-30-31-33/h3-11,21H,1-2H3,(H,27,35)(H,29,36). The summed E-state index contributed by atoms with van der Waals surface area (Å²) in [5, 5.41) is 15.8. The van der Waals surface area contributed by atoms with Crippen molar-refractivity contribution >= 4 is 29.1 Å². The molecule has 0 aliphatic rings. The van der Waals surface area contributed by atoms with Crippen molar-refractivity contribution in [2.45, 2.75) is 6.30 Å². The third-order valence-electron chi connectivity index (χ3n) is 5.28. The molecule has 2 aromatic carbocycles. The Morgan fingerprint density at radius 1 is 1.14 bits per heavy atom. The molecular formula is C23H18ClF2N7O4. The predicted octanol–water partition coefficient (Wildman–Crippen LogP) is 2.76. The Kier molecular flexibility index (Phi) is 7.25. The SMILES string of the molecule is CNC(=O)c1ccc(NC(=O)C(F)n2cc(OC)c(-c3cc(Cl)ccc3-n3cnnn3)cc2=O)cc1F. The van der Waals surface area contributed by atoms with Crippen LogP contribution in [0.4, 0.5) is 14.5 Å². The molecule has 1 unspecified atom stereocenters. The van der Waals surface area contributed by atoms with Gasteiger partial charge in [-0.1, -0.05) is 11.6 Å². The number of alkyl halides is 1. The Morgan fingerprint density at radius 2 is 1.92 bits per heavy atom. The second kappa shape index (κ2) is 10.5. The third-order valence-corrected chi connectivity index (χ3v) is 5.51. The number of anilines is 1. The molecule has 0 radical (unpaired) electrons. The molecule has 0 saturated carbocycles. The summed E-state index contributed by atoms with van der Waals surface area (Å²) in [5.74, 6) is -2.79. The maximum absolute atomic E-state index is 15.1. The first-order chi connectivity index (χ1) is 17.7. The number of benzene rings is 2. The molecule has 0 fully saturated rings. The number of pyridine rings is 1. The number of amides is 2. The van der Waals surface area contributed by atoms with Crippen molar-refractivity contribution in [2.24, 2.45) is 0 Å². The zero-order valence-electron chi connectivity index (χ0n) is 19.3. The van der Waals surface area contributed by atoms with E-state index in [0.29, 0.717) is 20.8 Å². The van der Waals surface area contributed by atoms with Gasteiger partial charge in [-0.25, -0.2) is 8.78 Å². The summed E-state index contributed by atoms with van der Waals surface area (Å²) in [6, 6.07) is 9.08. The van der Waals surface area contributed by atoms with Crippen LogP contribution in [0, 0.1) is 5.82 Å². The van der Waals surface area contributed by atoms with Crippen molar-refractivity contribution in [1.29, 1.82) is 0 Å². The van der Waals surface area contributed by atoms with Gasteiger partial charge >= 0.3 is 0 Å². The Hall–Kier alpha value is -4.65. The van der Waals surface area contributed by atoms with Crippen LogP contribution in [0.5, 0.6) is 5.75 Å². The Bertz CT molecular complexity index is 1540. The Balaban J connectivity index is 1.67. The minimum absolute atomic E-state index is 0.0487. The smallest absolute Gasteiger partial charge is 0.280 e. The molecule has 2 heterocycles. The zero-order valence-corrected chi connectivity index (χ0v) is 20.0. The van der Waals surface area contributed by atoms with E-state index in [-0.39, 0.29) is 22.6 Å². The monoisotopic (exact) mass is 529 g/mol. The minimum atomic E-state index is -2.49. The summed E-state index contributed by atoms with van der Waals surface area (Å²) in [7, 11) is 2.64. The average molecular weight is 530 g/mol. The second-order valence-corrected chi connectivity index (χ2v) is 7.95. The highest BCUT2D eigenvalue weighted by atomic mass is 35.5. The number of hydrogen-bond acceptors (Lipinski definition) is 7. The van der Waals surface area contributed by atoms with E-state index in [1.165, 1.54) is 31.2 Å². The number of aromatic nitrogens is 5. The molecule has 4 rings (SSSR count). The van der Waals surface area contributed by atoms with E-state index in [1.807, 2.05) is 0 Å². The van der Waals surface area contributed by atoms with Crippen LogP contribution in [-0.4, -0.2) is 50.7 Å². The number of carbonyl (C=O) groups is 2. The topological polar surface area (TPSA) is 133 Å². The maximum atomic E-state index is 15.1. The van der Waals surface area contributed by atoms with Gasteiger partial charge in [0.05, 0.1) is 24.6 Å². The number of hydrogen-bond donors (Lipinski definition) is 2. The van der Waals surface area contributed by atoms with E-state index in [4.69, 9.17) is 16.3 Å². The van der Waals surface area contributed by atoms with E-state index in [9.17, 15) is 18.8 Å². The van der Waals surface area contributed by atoms with Gasteiger partial charge in [-0.2, -0.15) is 4.68 Å². The molecule has 0 saturated heterocycles. The van der Waals surface area contributed by atoms with Crippen molar-refractivity contribution in [3.63, 3.8) is 0 Å². The van der Waals surface area contributed by atoms with Gasteiger partial charge in [0.1, 0.15) is 17.9 Å². The van der Waals surface area contributed by atoms with Crippen LogP contribution in [-0.2, 0) is 4.79 Å². The molecule has 11 nitrogen and oxygen atoms in total. The van der Waals surface area contributed by atoms with Crippen LogP contribution in [0.25, 0.3) is 16.8 Å². The van der Waals surface area contributed by atoms with Gasteiger partial charge in [-0.3, -0.25) is 19.0 Å². The van der Waals surface area contributed by atoms with Crippen molar-refractivity contribution in [2.75, 3.05) is 19.5 Å². The number of halogens is 3. The first-order valence-electron chi connectivity index (χ1n) is 10.5. The van der Waals surface area contributed by atoms with Crippen LogP contribution in [0.2, 0.25) is 5.02 Å². The van der Waals surface area contributed by atoms with Crippen LogP contribution in [0.15, 0.2) is 59.8 Å². The summed E-state index contributed by atoms with van der Waals surface area (Å²) in [6.45, 7) is 0. The lowest BCUT2D eigenvalue weighted by Gasteiger charge is -2.17. The van der Waals surface area contributed by atoms with Crippen molar-refractivity contribution < 1.29 is 23.1 Å². The normalized spacial score (nSPS) is 11.6. The molecule has 0 aliphatic carbocycles. The second-order valence-electron chi connectivity index (χ2n) is 7.52. The van der Waals surface area contributed by atoms with Gasteiger partial charge in [-0.05, 0) is 46.8 Å². The molecule has 0 bridgehead atoms. The molecule has 2 amide bonds. The maximum Gasteiger partial charge on any atom is 0.280 e. The fraction of sp³-hybridized carbons (Fsp3) is 0.130. The van der Waals surface area contributed by atoms with Gasteiger partial charge in [0.2, 0.25) is 0 Å². The molecule has 0 spiro atoms. The van der Waals surface area contributed by atoms with Crippen LogP contribution in [0.1, 0.15) is 16.7 Å². The highest BCUT2D eigenvalue weighted by Crippen LogP contribution is 2.35. The zero-order chi connectivity index (χ0) is 26.7. The summed E-state index contributed by atoms with van der Waals surface area (Å²) >= 11 is 6.16. The molecule has 37 heavy (non-hydrogen) atoms. The lowest BCUT2D eigenvalue weighted by atomic mass is 10.0. The average Bonchev–Trinajstić information content (AvgIpc) is 3.42. The largest absolute Gasteiger partial charge is 0.495 e. The summed E-state index contributed by atoms with van der Waals surface area (Å²) in [6.07, 6.45) is -0.121. The van der Waals surface area contributed by atoms with Gasteiger partial charge in [-0.15, -0.1) is 5.10 Å². The quantitative estimate of drug-likeness (QED) is 0.376. The van der Waals surface area contributed by atoms with E-state index in [2.05, 4.69) is 26.2 Å². The molecule has 190 valence electrons. The first kappa shape index (κ1) is 25.4. The molecule has 0 aliphatic heterocycles. The number of carbonyl (C=O) groups excluding carboxylic acids is 2. The van der Waals surface area contributed by atoms with Gasteiger partial charge in [0.25, 0.3) is 23.7 Å². The van der Waals surface area contributed by atoms with Crippen LogP contribution >= 0.6 is 11.6 Å². The van der Waals surface area contributed by atoms with Crippen molar-refractivity contribution in [3.05, 3.63) is 81.7 Å². The van der Waals surface area contributed by atoms with Gasteiger partial charge in [0.15, 0.2) is 0 Å². The number of rotatable bonds is 7. The van der Waals surface area contributed by atoms with Crippen LogP contribution in [0.3, 0.4) is 0 Å². The number of ether oxygens (including phenoxy) is 1. The lowest BCUT2D eigenvalue weighted by molar-refractivity contribution is -0.123. The Labute approximate surface area is 212 Å². The van der Waals surface area contributed by atoms with Crippen molar-refractivity contribution in [3.8, 4) is 22.6 Å². The molecule has 4 aromatic rings. The first-order valence-corrected chi connectivity index (χ1v) is 10.9. The van der Waals surface area contributed by atoms with E-state index < -0.39 is 29.5 Å². The fourth-order valence-corrected chi connectivity index (χ4v) is 3.69. The summed E-state index contributed by atoms with van der Waals surface area (Å²) < 4.78 is 36.6. The molecule has 14 heteroatoms. The lowest BCUT2D eigenvalue weighted by Crippen LogP contribution is -2.30. The number of nitrogens with one attached hydrogen (secondary N) is 2. The summed E-state index contributed by atoms with van der Waals surface area (Å²) in [5.41, 5.74) is -0.122. The highest BCUT2D eigenvalue weighted by molar-refractivity contribution is 6.31. The molecule has 2 aromatic heterocycles. The Morgan fingerprint density at radius 3 is 2.57 bits per heavy atom. The molecule has 1 atom stereocenters. The van der Waals surface area contributed by atoms with Gasteiger partial charge < -0.3 is 15.4 Å². The molecule has 2 N–H and O–H groups in total. The fourth-order valence-electron chi connectivity index (χ4n) is 3.51.